The van der Waals surface area contributed by atoms with Gasteiger partial charge in [-0.1, -0.05) is 12.8 Å². The molecular formula is C17H22F3NO3S. The summed E-state index contributed by atoms with van der Waals surface area (Å²) in [4.78, 5) is 12.1. The van der Waals surface area contributed by atoms with Crippen molar-refractivity contribution in [3.63, 3.8) is 0 Å². The fraction of sp³-hybridized carbons (Fsp3) is 0.588. The van der Waals surface area contributed by atoms with E-state index in [-0.39, 0.29) is 29.7 Å². The summed E-state index contributed by atoms with van der Waals surface area (Å²) in [6, 6.07) is 3.06. The van der Waals surface area contributed by atoms with Crippen molar-refractivity contribution >= 4 is 23.4 Å². The van der Waals surface area contributed by atoms with Crippen molar-refractivity contribution in [2.75, 3.05) is 31.4 Å². The SMILES string of the molecule is COCCOc1ccc(C(F)(F)F)cc1NC(=O)CSC1CCCC1. The summed E-state index contributed by atoms with van der Waals surface area (Å²) >= 11 is 1.55. The lowest BCUT2D eigenvalue weighted by Gasteiger charge is -2.16. The molecular weight excluding hydrogens is 355 g/mol. The lowest BCUT2D eigenvalue weighted by atomic mass is 10.1. The van der Waals surface area contributed by atoms with Crippen LogP contribution >= 0.6 is 11.8 Å². The molecule has 1 saturated carbocycles. The van der Waals surface area contributed by atoms with Gasteiger partial charge in [-0.15, -0.1) is 11.8 Å². The first kappa shape index (κ1) is 19.9. The van der Waals surface area contributed by atoms with Gasteiger partial charge in [0, 0.05) is 12.4 Å². The quantitative estimate of drug-likeness (QED) is 0.685. The van der Waals surface area contributed by atoms with E-state index < -0.39 is 11.7 Å². The summed E-state index contributed by atoms with van der Waals surface area (Å²) in [5, 5.41) is 3.01. The lowest BCUT2D eigenvalue weighted by molar-refractivity contribution is -0.137. The second kappa shape index (κ2) is 9.33. The third-order valence-electron chi connectivity index (χ3n) is 3.88. The molecule has 1 aromatic carbocycles. The Balaban J connectivity index is 2.03. The molecule has 140 valence electrons. The number of alkyl halides is 3. The molecule has 2 rings (SSSR count). The smallest absolute Gasteiger partial charge is 0.416 e. The van der Waals surface area contributed by atoms with Gasteiger partial charge in [0.25, 0.3) is 0 Å². The molecule has 1 N–H and O–H groups in total. The molecule has 1 aliphatic rings. The number of ether oxygens (including phenoxy) is 2. The summed E-state index contributed by atoms with van der Waals surface area (Å²) in [5.41, 5.74) is -0.798. The van der Waals surface area contributed by atoms with Gasteiger partial charge < -0.3 is 14.8 Å². The molecule has 1 aromatic rings. The number of hydrogen-bond donors (Lipinski definition) is 1. The maximum atomic E-state index is 12.9. The number of nitrogens with one attached hydrogen (secondary N) is 1. The predicted molar refractivity (Wildman–Crippen MR) is 92.2 cm³/mol. The molecule has 0 spiro atoms. The van der Waals surface area contributed by atoms with E-state index in [0.717, 1.165) is 25.0 Å². The topological polar surface area (TPSA) is 47.6 Å². The van der Waals surface area contributed by atoms with Crippen molar-refractivity contribution in [2.24, 2.45) is 0 Å². The zero-order valence-corrected chi connectivity index (χ0v) is 14.8. The van der Waals surface area contributed by atoms with Gasteiger partial charge in [-0.05, 0) is 31.0 Å². The van der Waals surface area contributed by atoms with Crippen LogP contribution < -0.4 is 10.1 Å². The summed E-state index contributed by atoms with van der Waals surface area (Å²) in [6.07, 6.45) is 0.0394. The average Bonchev–Trinajstić information content (AvgIpc) is 3.07. The summed E-state index contributed by atoms with van der Waals surface area (Å²) in [5.74, 6) is 0.0930. The second-order valence-corrected chi connectivity index (χ2v) is 7.10. The van der Waals surface area contributed by atoms with Crippen LogP contribution in [0.1, 0.15) is 31.2 Å². The van der Waals surface area contributed by atoms with E-state index in [1.807, 2.05) is 0 Å². The van der Waals surface area contributed by atoms with Gasteiger partial charge in [-0.25, -0.2) is 0 Å². The van der Waals surface area contributed by atoms with E-state index >= 15 is 0 Å². The van der Waals surface area contributed by atoms with Gasteiger partial charge in [-0.2, -0.15) is 13.2 Å². The van der Waals surface area contributed by atoms with Crippen LogP contribution in [0.4, 0.5) is 18.9 Å². The van der Waals surface area contributed by atoms with Crippen LogP contribution in [0.25, 0.3) is 0 Å². The van der Waals surface area contributed by atoms with Crippen molar-refractivity contribution in [3.8, 4) is 5.75 Å². The normalized spacial score (nSPS) is 15.4. The molecule has 8 heteroatoms. The number of anilines is 1. The van der Waals surface area contributed by atoms with Crippen LogP contribution in [0.15, 0.2) is 18.2 Å². The largest absolute Gasteiger partial charge is 0.489 e. The van der Waals surface area contributed by atoms with Gasteiger partial charge in [0.2, 0.25) is 5.91 Å². The van der Waals surface area contributed by atoms with Gasteiger partial charge in [-0.3, -0.25) is 4.79 Å². The predicted octanol–water partition coefficient (Wildman–Crippen LogP) is 4.34. The van der Waals surface area contributed by atoms with Crippen molar-refractivity contribution in [2.45, 2.75) is 37.1 Å². The lowest BCUT2D eigenvalue weighted by Crippen LogP contribution is -2.18. The van der Waals surface area contributed by atoms with E-state index in [4.69, 9.17) is 9.47 Å². The third kappa shape index (κ3) is 6.43. The Morgan fingerprint density at radius 2 is 2.00 bits per heavy atom. The van der Waals surface area contributed by atoms with E-state index in [0.29, 0.717) is 11.9 Å². The van der Waals surface area contributed by atoms with Gasteiger partial charge >= 0.3 is 6.18 Å². The second-order valence-electron chi connectivity index (χ2n) is 5.82. The van der Waals surface area contributed by atoms with E-state index in [1.54, 1.807) is 11.8 Å². The van der Waals surface area contributed by atoms with Crippen LogP contribution in [0.5, 0.6) is 5.75 Å². The fourth-order valence-corrected chi connectivity index (χ4v) is 3.73. The van der Waals surface area contributed by atoms with Crippen LogP contribution in [-0.2, 0) is 15.7 Å². The number of rotatable bonds is 8. The first-order valence-electron chi connectivity index (χ1n) is 8.14. The van der Waals surface area contributed by atoms with E-state index in [1.165, 1.54) is 26.0 Å². The minimum Gasteiger partial charge on any atom is -0.489 e. The third-order valence-corrected chi connectivity index (χ3v) is 5.25. The Morgan fingerprint density at radius 1 is 1.28 bits per heavy atom. The molecule has 4 nitrogen and oxygen atoms in total. The highest BCUT2D eigenvalue weighted by atomic mass is 32.2. The standard InChI is InChI=1S/C17H22F3NO3S/c1-23-8-9-24-15-7-6-12(17(18,19)20)10-14(15)21-16(22)11-25-13-4-2-3-5-13/h6-7,10,13H,2-5,8-9,11H2,1H3,(H,21,22). The molecule has 0 aromatic heterocycles. The molecule has 0 unspecified atom stereocenters. The Kier molecular flexibility index (Phi) is 7.43. The highest BCUT2D eigenvalue weighted by Crippen LogP contribution is 2.35. The molecule has 0 aliphatic heterocycles. The number of hydrogen-bond acceptors (Lipinski definition) is 4. The van der Waals surface area contributed by atoms with E-state index in [9.17, 15) is 18.0 Å². The molecule has 1 amide bonds. The number of halogens is 3. The number of thioether (sulfide) groups is 1. The number of carbonyl (C=O) groups excluding carboxylic acids is 1. The van der Waals surface area contributed by atoms with Crippen molar-refractivity contribution in [1.82, 2.24) is 0 Å². The number of carbonyl (C=O) groups is 1. The molecule has 1 fully saturated rings. The molecule has 0 saturated heterocycles. The van der Waals surface area contributed by atoms with Crippen LogP contribution in [0.3, 0.4) is 0 Å². The van der Waals surface area contributed by atoms with Crippen molar-refractivity contribution < 1.29 is 27.4 Å². The number of amides is 1. The number of benzene rings is 1. The van der Waals surface area contributed by atoms with E-state index in [2.05, 4.69) is 5.32 Å². The van der Waals surface area contributed by atoms with Gasteiger partial charge in [0.1, 0.15) is 12.4 Å². The Labute approximate surface area is 149 Å². The Hall–Kier alpha value is -1.41. The van der Waals surface area contributed by atoms with Crippen molar-refractivity contribution in [1.29, 1.82) is 0 Å². The monoisotopic (exact) mass is 377 g/mol. The highest BCUT2D eigenvalue weighted by molar-refractivity contribution is 8.00. The minimum atomic E-state index is -4.48. The average molecular weight is 377 g/mol. The Bertz CT molecular complexity index is 575. The Morgan fingerprint density at radius 3 is 2.64 bits per heavy atom. The number of methoxy groups -OCH3 is 1. The maximum Gasteiger partial charge on any atom is 0.416 e. The van der Waals surface area contributed by atoms with Crippen LogP contribution in [0.2, 0.25) is 0 Å². The van der Waals surface area contributed by atoms with Crippen LogP contribution in [-0.4, -0.2) is 37.2 Å². The van der Waals surface area contributed by atoms with Crippen LogP contribution in [0, 0.1) is 0 Å². The first-order valence-corrected chi connectivity index (χ1v) is 9.19. The minimum absolute atomic E-state index is 0.0305. The fourth-order valence-electron chi connectivity index (χ4n) is 2.60. The van der Waals surface area contributed by atoms with Crippen molar-refractivity contribution in [3.05, 3.63) is 23.8 Å². The highest BCUT2D eigenvalue weighted by Gasteiger charge is 2.31. The zero-order chi connectivity index (χ0) is 18.3. The summed E-state index contributed by atoms with van der Waals surface area (Å²) < 4.78 is 49.0. The molecule has 0 bridgehead atoms. The summed E-state index contributed by atoms with van der Waals surface area (Å²) in [6.45, 7) is 0.480. The maximum absolute atomic E-state index is 12.9. The van der Waals surface area contributed by atoms with Gasteiger partial charge in [0.05, 0.1) is 23.6 Å². The molecule has 0 heterocycles. The molecule has 0 atom stereocenters. The first-order chi connectivity index (χ1) is 11.9. The zero-order valence-electron chi connectivity index (χ0n) is 14.0. The molecule has 25 heavy (non-hydrogen) atoms. The molecule has 0 radical (unpaired) electrons. The van der Waals surface area contributed by atoms with Gasteiger partial charge in [0.15, 0.2) is 0 Å². The summed E-state index contributed by atoms with van der Waals surface area (Å²) in [7, 11) is 1.50. The molecule has 1 aliphatic carbocycles.